The van der Waals surface area contributed by atoms with Crippen LogP contribution in [-0.4, -0.2) is 41.9 Å². The smallest absolute Gasteiger partial charge is 0.267 e. The van der Waals surface area contributed by atoms with Gasteiger partial charge in [-0.1, -0.05) is 183 Å². The van der Waals surface area contributed by atoms with Gasteiger partial charge in [-0.25, -0.2) is 0 Å². The third-order valence-electron chi connectivity index (χ3n) is 8.89. The summed E-state index contributed by atoms with van der Waals surface area (Å²) in [5.74, 6) is -0.999. The molecule has 0 spiro atoms. The number of rotatable bonds is 36. The van der Waals surface area contributed by atoms with E-state index in [1.54, 1.807) is 6.08 Å². The molecule has 0 aromatic rings. The van der Waals surface area contributed by atoms with Crippen LogP contribution in [0.4, 0.5) is 0 Å². The van der Waals surface area contributed by atoms with Crippen molar-refractivity contribution in [3.8, 4) is 0 Å². The summed E-state index contributed by atoms with van der Waals surface area (Å²) in [4.78, 5) is 12.5. The average Bonchev–Trinajstić information content (AvgIpc) is 3.09. The monoisotopic (exact) mass is 732 g/mol. The van der Waals surface area contributed by atoms with Gasteiger partial charge in [-0.3, -0.25) is 9.35 Å². The molecular weight excluding hydrogens is 655 g/mol. The van der Waals surface area contributed by atoms with Crippen LogP contribution in [0, 0.1) is 0 Å². The molecule has 0 heterocycles. The average molecular weight is 732 g/mol. The Morgan fingerprint density at radius 2 is 0.941 bits per heavy atom. The summed E-state index contributed by atoms with van der Waals surface area (Å²) >= 11 is 0. The minimum Gasteiger partial charge on any atom is -0.387 e. The summed E-state index contributed by atoms with van der Waals surface area (Å²) in [6.07, 6.45) is 53.1. The van der Waals surface area contributed by atoms with Crippen LogP contribution in [0.15, 0.2) is 72.9 Å². The third-order valence-corrected chi connectivity index (χ3v) is 9.67. The van der Waals surface area contributed by atoms with E-state index >= 15 is 0 Å². The molecule has 0 aromatic carbocycles. The van der Waals surface area contributed by atoms with Crippen molar-refractivity contribution in [3.05, 3.63) is 72.9 Å². The molecule has 0 saturated carbocycles. The molecule has 0 aliphatic carbocycles. The number of allylic oxidation sites excluding steroid dienone is 11. The second-order valence-corrected chi connectivity index (χ2v) is 15.4. The minimum atomic E-state index is -4.35. The zero-order valence-corrected chi connectivity index (χ0v) is 33.5. The Morgan fingerprint density at radius 1 is 0.549 bits per heavy atom. The highest BCUT2D eigenvalue weighted by Crippen LogP contribution is 2.13. The second kappa shape index (κ2) is 37.5. The fourth-order valence-corrected chi connectivity index (χ4v) is 6.56. The highest BCUT2D eigenvalue weighted by molar-refractivity contribution is 7.85. The lowest BCUT2D eigenvalue weighted by Gasteiger charge is -2.21. The van der Waals surface area contributed by atoms with Crippen molar-refractivity contribution in [1.82, 2.24) is 5.32 Å². The van der Waals surface area contributed by atoms with E-state index in [1.807, 2.05) is 6.08 Å². The number of hydrogen-bond donors (Lipinski definition) is 3. The molecule has 7 heteroatoms. The van der Waals surface area contributed by atoms with E-state index in [-0.39, 0.29) is 12.3 Å². The Bertz CT molecular complexity index is 1070. The van der Waals surface area contributed by atoms with Crippen LogP contribution in [0.1, 0.15) is 181 Å². The molecule has 0 aliphatic heterocycles. The van der Waals surface area contributed by atoms with E-state index in [0.29, 0.717) is 0 Å². The molecule has 0 aliphatic rings. The van der Waals surface area contributed by atoms with Crippen molar-refractivity contribution < 1.29 is 22.9 Å². The normalized spacial score (nSPS) is 14.0. The lowest BCUT2D eigenvalue weighted by atomic mass is 10.0. The first-order valence-corrected chi connectivity index (χ1v) is 22.2. The summed E-state index contributed by atoms with van der Waals surface area (Å²) in [5.41, 5.74) is 0. The summed E-state index contributed by atoms with van der Waals surface area (Å²) in [6, 6.07) is -1.07. The molecule has 294 valence electrons. The van der Waals surface area contributed by atoms with E-state index in [1.165, 1.54) is 77.0 Å². The highest BCUT2D eigenvalue weighted by atomic mass is 32.2. The number of hydrogen-bond acceptors (Lipinski definition) is 4. The van der Waals surface area contributed by atoms with Gasteiger partial charge in [0.1, 0.15) is 0 Å². The molecule has 0 bridgehead atoms. The molecule has 0 aromatic heterocycles. The number of carbonyl (C=O) groups excluding carboxylic acids is 1. The Hall–Kier alpha value is -2.22. The molecular formula is C44H77NO5S. The van der Waals surface area contributed by atoms with Gasteiger partial charge in [-0.05, 0) is 64.2 Å². The van der Waals surface area contributed by atoms with Crippen molar-refractivity contribution in [2.75, 3.05) is 5.75 Å². The summed E-state index contributed by atoms with van der Waals surface area (Å²) < 4.78 is 32.5. The van der Waals surface area contributed by atoms with E-state index in [2.05, 4.69) is 79.9 Å². The lowest BCUT2D eigenvalue weighted by molar-refractivity contribution is -0.122. The molecule has 2 atom stereocenters. The molecule has 0 radical (unpaired) electrons. The van der Waals surface area contributed by atoms with Crippen LogP contribution in [0.5, 0.6) is 0 Å². The molecule has 0 rings (SSSR count). The van der Waals surface area contributed by atoms with E-state index in [0.717, 1.165) is 83.5 Å². The number of nitrogens with one attached hydrogen (secondary N) is 1. The van der Waals surface area contributed by atoms with E-state index < -0.39 is 28.0 Å². The number of aliphatic hydroxyl groups excluding tert-OH is 1. The fraction of sp³-hybridized carbons (Fsp3) is 0.705. The standard InChI is InChI=1S/C44H77NO5S/c1-3-5-7-9-11-13-15-17-18-19-20-21-22-23-24-25-26-28-30-32-34-36-38-40-44(47)45-42(41-51(48,49)50)43(46)39-37-35-33-31-29-27-16-14-12-10-8-6-4-2/h5,7,11,13,17-18,20-21,23-24,37,39,42-43,46H,3-4,6,8-10,12,14-16,19,22,25-36,38,40-41H2,1-2H3,(H,45,47)(H,48,49,50)/b7-5-,13-11-,18-17-,21-20-,24-23-,39-37+. The summed E-state index contributed by atoms with van der Waals surface area (Å²) in [6.45, 7) is 4.39. The summed E-state index contributed by atoms with van der Waals surface area (Å²) in [7, 11) is -4.35. The number of aliphatic hydroxyl groups is 1. The Kier molecular flexibility index (Phi) is 35.9. The molecule has 0 fully saturated rings. The first kappa shape index (κ1) is 48.8. The number of unbranched alkanes of at least 4 members (excludes halogenated alkanes) is 18. The molecule has 0 saturated heterocycles. The zero-order chi connectivity index (χ0) is 37.5. The van der Waals surface area contributed by atoms with Gasteiger partial charge >= 0.3 is 0 Å². The third kappa shape index (κ3) is 38.8. The molecule has 1 amide bonds. The Balaban J connectivity index is 3.94. The maximum atomic E-state index is 12.5. The first-order chi connectivity index (χ1) is 24.8. The van der Waals surface area contributed by atoms with Gasteiger partial charge in [0.2, 0.25) is 5.91 Å². The molecule has 2 unspecified atom stereocenters. The number of amides is 1. The Labute approximate surface area is 314 Å². The molecule has 6 nitrogen and oxygen atoms in total. The highest BCUT2D eigenvalue weighted by Gasteiger charge is 2.24. The second-order valence-electron chi connectivity index (χ2n) is 13.9. The maximum Gasteiger partial charge on any atom is 0.267 e. The zero-order valence-electron chi connectivity index (χ0n) is 32.7. The van der Waals surface area contributed by atoms with Crippen molar-refractivity contribution in [1.29, 1.82) is 0 Å². The lowest BCUT2D eigenvalue weighted by Crippen LogP contribution is -2.46. The van der Waals surface area contributed by atoms with E-state index in [9.17, 15) is 22.9 Å². The van der Waals surface area contributed by atoms with Gasteiger partial charge in [-0.15, -0.1) is 0 Å². The predicted octanol–water partition coefficient (Wildman–Crippen LogP) is 12.2. The Morgan fingerprint density at radius 3 is 1.39 bits per heavy atom. The van der Waals surface area contributed by atoms with Crippen LogP contribution in [-0.2, 0) is 14.9 Å². The van der Waals surface area contributed by atoms with Gasteiger partial charge in [-0.2, -0.15) is 8.42 Å². The molecule has 51 heavy (non-hydrogen) atoms. The largest absolute Gasteiger partial charge is 0.387 e. The van der Waals surface area contributed by atoms with Crippen LogP contribution in [0.25, 0.3) is 0 Å². The maximum absolute atomic E-state index is 12.5. The van der Waals surface area contributed by atoms with Crippen LogP contribution in [0.3, 0.4) is 0 Å². The molecule has 3 N–H and O–H groups in total. The topological polar surface area (TPSA) is 104 Å². The van der Waals surface area contributed by atoms with Gasteiger partial charge < -0.3 is 10.4 Å². The quantitative estimate of drug-likeness (QED) is 0.0338. The van der Waals surface area contributed by atoms with Crippen molar-refractivity contribution in [2.24, 2.45) is 0 Å². The van der Waals surface area contributed by atoms with Crippen molar-refractivity contribution in [2.45, 2.75) is 193 Å². The fourth-order valence-electron chi connectivity index (χ4n) is 5.83. The summed E-state index contributed by atoms with van der Waals surface area (Å²) in [5, 5.41) is 13.2. The predicted molar refractivity (Wildman–Crippen MR) is 221 cm³/mol. The minimum absolute atomic E-state index is 0.279. The van der Waals surface area contributed by atoms with Gasteiger partial charge in [0.15, 0.2) is 0 Å². The van der Waals surface area contributed by atoms with Gasteiger partial charge in [0.05, 0.1) is 17.9 Å². The SMILES string of the molecule is CC/C=C\C/C=C\C/C=C\C/C=C\C/C=C\CCCCCCCCCC(=O)NC(CS(=O)(=O)O)C(O)/C=C/CCCCCCCCCCCCC. The van der Waals surface area contributed by atoms with Crippen LogP contribution < -0.4 is 5.32 Å². The van der Waals surface area contributed by atoms with Crippen LogP contribution >= 0.6 is 0 Å². The first-order valence-electron chi connectivity index (χ1n) is 20.6. The van der Waals surface area contributed by atoms with E-state index in [4.69, 9.17) is 0 Å². The van der Waals surface area contributed by atoms with Gasteiger partial charge in [0.25, 0.3) is 10.1 Å². The van der Waals surface area contributed by atoms with Gasteiger partial charge in [0, 0.05) is 6.42 Å². The number of carbonyl (C=O) groups is 1. The van der Waals surface area contributed by atoms with Crippen molar-refractivity contribution in [3.63, 3.8) is 0 Å². The van der Waals surface area contributed by atoms with Crippen LogP contribution in [0.2, 0.25) is 0 Å². The van der Waals surface area contributed by atoms with Crippen molar-refractivity contribution >= 4 is 16.0 Å².